The Kier molecular flexibility index (Phi) is 7.97. The monoisotopic (exact) mass is 375 g/mol. The lowest BCUT2D eigenvalue weighted by atomic mass is 9.95. The highest BCUT2D eigenvalue weighted by Gasteiger charge is 2.52. The number of rotatable bonds is 6. The van der Waals surface area contributed by atoms with Gasteiger partial charge in [0.05, 0.1) is 0 Å². The van der Waals surface area contributed by atoms with Crippen LogP contribution in [-0.4, -0.2) is 80.1 Å². The van der Waals surface area contributed by atoms with Gasteiger partial charge in [-0.15, -0.1) is 0 Å². The largest absolute Gasteiger partial charge is 0.463 e. The van der Waals surface area contributed by atoms with E-state index in [0.717, 1.165) is 0 Å². The lowest BCUT2D eigenvalue weighted by Crippen LogP contribution is -2.65. The third-order valence-corrected chi connectivity index (χ3v) is 3.55. The number of ether oxygens (including phenoxy) is 5. The molecule has 10 nitrogen and oxygen atoms in total. The molecule has 1 aliphatic heterocycles. The van der Waals surface area contributed by atoms with E-state index in [2.05, 4.69) is 0 Å². The van der Waals surface area contributed by atoms with Crippen LogP contribution >= 0.6 is 0 Å². The summed E-state index contributed by atoms with van der Waals surface area (Å²) in [7, 11) is 3.33. The van der Waals surface area contributed by atoms with Crippen LogP contribution in [0.2, 0.25) is 0 Å². The van der Waals surface area contributed by atoms with Crippen LogP contribution in [0, 0.1) is 0 Å². The molecule has 1 rings (SSSR count). The van der Waals surface area contributed by atoms with Gasteiger partial charge in [0, 0.05) is 27.7 Å². The molecule has 1 fully saturated rings. The fourth-order valence-corrected chi connectivity index (χ4v) is 2.69. The molecule has 26 heavy (non-hydrogen) atoms. The summed E-state index contributed by atoms with van der Waals surface area (Å²) >= 11 is 0. The molecule has 0 bridgehead atoms. The molecule has 0 saturated carbocycles. The molecule has 1 aliphatic rings. The summed E-state index contributed by atoms with van der Waals surface area (Å²) in [5.41, 5.74) is 0. The van der Waals surface area contributed by atoms with Gasteiger partial charge in [0.1, 0.15) is 18.8 Å². The van der Waals surface area contributed by atoms with Crippen molar-refractivity contribution < 1.29 is 42.9 Å². The summed E-state index contributed by atoms with van der Waals surface area (Å²) in [6.07, 6.45) is -4.19. The minimum absolute atomic E-state index is 0.275. The van der Waals surface area contributed by atoms with E-state index in [1.54, 1.807) is 19.0 Å². The van der Waals surface area contributed by atoms with Crippen molar-refractivity contribution >= 4 is 23.9 Å². The molecule has 2 unspecified atom stereocenters. The zero-order valence-electron chi connectivity index (χ0n) is 15.7. The minimum atomic E-state index is -1.13. The van der Waals surface area contributed by atoms with Crippen LogP contribution < -0.4 is 0 Å². The van der Waals surface area contributed by atoms with Gasteiger partial charge < -0.3 is 23.7 Å². The number of hydrogen-bond acceptors (Lipinski definition) is 10. The Morgan fingerprint density at radius 2 is 1.31 bits per heavy atom. The Hall–Kier alpha value is -2.20. The molecule has 10 heteroatoms. The zero-order valence-corrected chi connectivity index (χ0v) is 15.7. The Bertz CT molecular complexity index is 548. The van der Waals surface area contributed by atoms with Crippen molar-refractivity contribution in [1.29, 1.82) is 0 Å². The van der Waals surface area contributed by atoms with Crippen molar-refractivity contribution in [3.05, 3.63) is 0 Å². The van der Waals surface area contributed by atoms with Crippen molar-refractivity contribution in [2.24, 2.45) is 0 Å². The molecule has 0 radical (unpaired) electrons. The van der Waals surface area contributed by atoms with E-state index < -0.39 is 54.5 Å². The smallest absolute Gasteiger partial charge is 0.304 e. The molecule has 0 spiro atoms. The minimum Gasteiger partial charge on any atom is -0.463 e. The second-order valence-corrected chi connectivity index (χ2v) is 6.06. The van der Waals surface area contributed by atoms with Gasteiger partial charge in [-0.1, -0.05) is 0 Å². The fraction of sp³-hybridized carbons (Fsp3) is 0.750. The summed E-state index contributed by atoms with van der Waals surface area (Å²) in [6, 6.07) is -0.749. The van der Waals surface area contributed by atoms with Crippen molar-refractivity contribution in [3.63, 3.8) is 0 Å². The van der Waals surface area contributed by atoms with E-state index in [1.807, 2.05) is 0 Å². The maximum atomic E-state index is 11.6. The van der Waals surface area contributed by atoms with Gasteiger partial charge in [0.15, 0.2) is 12.2 Å². The third-order valence-electron chi connectivity index (χ3n) is 3.55. The Balaban J connectivity index is 3.26. The van der Waals surface area contributed by atoms with E-state index >= 15 is 0 Å². The predicted octanol–water partition coefficient (Wildman–Crippen LogP) is -0.369. The second-order valence-electron chi connectivity index (χ2n) is 6.06. The lowest BCUT2D eigenvalue weighted by Gasteiger charge is -2.46. The van der Waals surface area contributed by atoms with Crippen LogP contribution in [-0.2, 0) is 42.9 Å². The van der Waals surface area contributed by atoms with Gasteiger partial charge >= 0.3 is 23.9 Å². The Morgan fingerprint density at radius 1 is 0.808 bits per heavy atom. The number of carbonyl (C=O) groups excluding carboxylic acids is 4. The summed E-state index contributed by atoms with van der Waals surface area (Å²) in [6.45, 7) is 4.53. The first kappa shape index (κ1) is 21.8. The number of hydrogen-bond donors (Lipinski definition) is 0. The van der Waals surface area contributed by atoms with E-state index in [0.29, 0.717) is 0 Å². The van der Waals surface area contributed by atoms with Crippen molar-refractivity contribution in [2.45, 2.75) is 58.3 Å². The average molecular weight is 375 g/mol. The average Bonchev–Trinajstić information content (AvgIpc) is 2.45. The predicted molar refractivity (Wildman–Crippen MR) is 85.6 cm³/mol. The van der Waals surface area contributed by atoms with Gasteiger partial charge in [0.2, 0.25) is 6.29 Å². The van der Waals surface area contributed by atoms with Crippen LogP contribution in [0.5, 0.6) is 0 Å². The maximum absolute atomic E-state index is 11.6. The van der Waals surface area contributed by atoms with Crippen molar-refractivity contribution in [3.8, 4) is 0 Å². The van der Waals surface area contributed by atoms with E-state index in [4.69, 9.17) is 23.7 Å². The first-order valence-corrected chi connectivity index (χ1v) is 7.99. The summed E-state index contributed by atoms with van der Waals surface area (Å²) in [4.78, 5) is 47.3. The van der Waals surface area contributed by atoms with Gasteiger partial charge in [-0.25, -0.2) is 0 Å². The first-order chi connectivity index (χ1) is 12.0. The SMILES string of the molecule is CC(=O)OCC1O[C@@H](OC(C)=O)C(N(C)C)[C@H](OC(C)=O)[C@H]1OC(C)=O. The Labute approximate surface area is 151 Å². The first-order valence-electron chi connectivity index (χ1n) is 7.99. The van der Waals surface area contributed by atoms with Crippen LogP contribution in [0.4, 0.5) is 0 Å². The highest BCUT2D eigenvalue weighted by Crippen LogP contribution is 2.30. The number of carbonyl (C=O) groups is 4. The quantitative estimate of drug-likeness (QED) is 0.449. The summed E-state index contributed by atoms with van der Waals surface area (Å²) < 4.78 is 26.5. The lowest BCUT2D eigenvalue weighted by molar-refractivity contribution is -0.282. The standard InChI is InChI=1S/C16H25NO9/c1-8(18)22-7-12-14(23-9(2)19)15(24-10(3)20)13(17(5)6)16(26-12)25-11(4)21/h12-16H,7H2,1-6H3/t12?,13?,14-,15-,16+/m0/s1. The molecule has 148 valence electrons. The molecule has 0 aromatic heterocycles. The van der Waals surface area contributed by atoms with Crippen molar-refractivity contribution in [1.82, 2.24) is 4.90 Å². The fourth-order valence-electron chi connectivity index (χ4n) is 2.69. The number of likely N-dealkylation sites (N-methyl/N-ethyl adjacent to an activating group) is 1. The molecule has 1 heterocycles. The molecular formula is C16H25NO9. The van der Waals surface area contributed by atoms with Gasteiger partial charge in [-0.2, -0.15) is 0 Å². The van der Waals surface area contributed by atoms with Gasteiger partial charge in [-0.3, -0.25) is 24.1 Å². The molecule has 1 saturated heterocycles. The Morgan fingerprint density at radius 3 is 1.73 bits per heavy atom. The van der Waals surface area contributed by atoms with E-state index in [9.17, 15) is 19.2 Å². The zero-order chi connectivity index (χ0) is 20.0. The van der Waals surface area contributed by atoms with Crippen molar-refractivity contribution in [2.75, 3.05) is 20.7 Å². The van der Waals surface area contributed by atoms with Crippen LogP contribution in [0.1, 0.15) is 27.7 Å². The molecule has 0 aromatic carbocycles. The highest BCUT2D eigenvalue weighted by molar-refractivity contribution is 5.68. The highest BCUT2D eigenvalue weighted by atomic mass is 16.7. The molecule has 0 N–H and O–H groups in total. The summed E-state index contributed by atoms with van der Waals surface area (Å²) in [5.74, 6) is -2.43. The van der Waals surface area contributed by atoms with Crippen LogP contribution in [0.3, 0.4) is 0 Å². The normalized spacial score (nSPS) is 28.2. The van der Waals surface area contributed by atoms with Gasteiger partial charge in [-0.05, 0) is 14.1 Å². The molecule has 5 atom stereocenters. The third kappa shape index (κ3) is 6.26. The second kappa shape index (κ2) is 9.48. The molecule has 0 amide bonds. The maximum Gasteiger partial charge on any atom is 0.304 e. The number of esters is 4. The molecule has 0 aromatic rings. The topological polar surface area (TPSA) is 118 Å². The van der Waals surface area contributed by atoms with E-state index in [1.165, 1.54) is 27.7 Å². The van der Waals surface area contributed by atoms with Gasteiger partial charge in [0.25, 0.3) is 0 Å². The summed E-state index contributed by atoms with van der Waals surface area (Å²) in [5, 5.41) is 0. The van der Waals surface area contributed by atoms with E-state index in [-0.39, 0.29) is 6.61 Å². The van der Waals surface area contributed by atoms with Crippen LogP contribution in [0.15, 0.2) is 0 Å². The van der Waals surface area contributed by atoms with Crippen LogP contribution in [0.25, 0.3) is 0 Å². The molecular weight excluding hydrogens is 350 g/mol. The molecule has 0 aliphatic carbocycles. The number of nitrogens with zero attached hydrogens (tertiary/aromatic N) is 1.